The number of nitrogens with one attached hydrogen (secondary N) is 1. The lowest BCUT2D eigenvalue weighted by atomic mass is 9.63. The van der Waals surface area contributed by atoms with Gasteiger partial charge in [0.15, 0.2) is 0 Å². The van der Waals surface area contributed by atoms with Crippen molar-refractivity contribution in [2.24, 2.45) is 35.5 Å². The van der Waals surface area contributed by atoms with E-state index in [0.29, 0.717) is 22.5 Å². The Kier molecular flexibility index (Phi) is 4.89. The van der Waals surface area contributed by atoms with Gasteiger partial charge in [0.25, 0.3) is 0 Å². The molecule has 33 heavy (non-hydrogen) atoms. The summed E-state index contributed by atoms with van der Waals surface area (Å²) in [6.45, 7) is 0. The highest BCUT2D eigenvalue weighted by molar-refractivity contribution is 6.44. The first kappa shape index (κ1) is 20.9. The highest BCUT2D eigenvalue weighted by Gasteiger charge is 2.67. The van der Waals surface area contributed by atoms with Gasteiger partial charge in [-0.15, -0.1) is 0 Å². The first-order valence-electron chi connectivity index (χ1n) is 11.3. The maximum Gasteiger partial charge on any atom is 0.248 e. The van der Waals surface area contributed by atoms with Crippen LogP contribution in [0.5, 0.6) is 0 Å². The van der Waals surface area contributed by atoms with Gasteiger partial charge in [-0.1, -0.05) is 71.8 Å². The van der Waals surface area contributed by atoms with Crippen LogP contribution in [0.4, 0.5) is 5.69 Å². The molecule has 4 aliphatic carbocycles. The largest absolute Gasteiger partial charge is 0.323 e. The lowest BCUT2D eigenvalue weighted by Crippen LogP contribution is -2.49. The fourth-order valence-electron chi connectivity index (χ4n) is 6.24. The molecule has 2 saturated carbocycles. The fourth-order valence-corrected chi connectivity index (χ4v) is 6.59. The Morgan fingerprint density at radius 2 is 1.58 bits per heavy atom. The summed E-state index contributed by atoms with van der Waals surface area (Å²) in [5.74, 6) is -0.369. The second-order valence-corrected chi connectivity index (χ2v) is 10.3. The number of nitrogens with zero attached hydrogens (tertiary/aromatic N) is 1. The lowest BCUT2D eigenvalue weighted by Gasteiger charge is -2.37. The number of benzene rings is 2. The molecule has 0 spiro atoms. The minimum Gasteiger partial charge on any atom is -0.323 e. The molecule has 5 nitrogen and oxygen atoms in total. The molecule has 1 aliphatic heterocycles. The van der Waals surface area contributed by atoms with E-state index in [1.54, 1.807) is 18.2 Å². The third-order valence-electron chi connectivity index (χ3n) is 7.79. The first-order valence-corrected chi connectivity index (χ1v) is 12.1. The second kappa shape index (κ2) is 7.71. The summed E-state index contributed by atoms with van der Waals surface area (Å²) in [4.78, 5) is 42.1. The summed E-state index contributed by atoms with van der Waals surface area (Å²) in [6, 6.07) is 13.4. The molecule has 1 saturated heterocycles. The Bertz CT molecular complexity index is 1160. The van der Waals surface area contributed by atoms with Crippen LogP contribution in [-0.4, -0.2) is 28.7 Å². The topological polar surface area (TPSA) is 66.5 Å². The van der Waals surface area contributed by atoms with Gasteiger partial charge in [0.1, 0.15) is 6.04 Å². The monoisotopic (exact) mass is 480 g/mol. The Labute approximate surface area is 201 Å². The Morgan fingerprint density at radius 3 is 2.21 bits per heavy atom. The number of rotatable bonds is 5. The van der Waals surface area contributed by atoms with Crippen molar-refractivity contribution in [2.45, 2.75) is 18.9 Å². The highest BCUT2D eigenvalue weighted by atomic mass is 35.5. The van der Waals surface area contributed by atoms with Crippen LogP contribution in [0.3, 0.4) is 0 Å². The van der Waals surface area contributed by atoms with Gasteiger partial charge < -0.3 is 5.32 Å². The number of amides is 3. The number of carbonyl (C=O) groups is 3. The number of hydrogen-bond donors (Lipinski definition) is 1. The van der Waals surface area contributed by atoms with Crippen LogP contribution in [0.25, 0.3) is 0 Å². The molecular weight excluding hydrogens is 459 g/mol. The van der Waals surface area contributed by atoms with Gasteiger partial charge in [0, 0.05) is 6.42 Å². The number of allylic oxidation sites excluding steroid dienone is 2. The molecule has 2 aromatic carbocycles. The second-order valence-electron chi connectivity index (χ2n) is 9.50. The van der Waals surface area contributed by atoms with E-state index in [4.69, 9.17) is 23.2 Å². The Balaban J connectivity index is 1.34. The van der Waals surface area contributed by atoms with E-state index in [-0.39, 0.29) is 46.9 Å². The number of anilines is 1. The predicted molar refractivity (Wildman–Crippen MR) is 126 cm³/mol. The number of hydrogen-bond acceptors (Lipinski definition) is 3. The number of likely N-dealkylation sites (tertiary alicyclic amines) is 1. The van der Waals surface area contributed by atoms with E-state index in [1.807, 2.05) is 30.3 Å². The van der Waals surface area contributed by atoms with Gasteiger partial charge in [-0.2, -0.15) is 0 Å². The van der Waals surface area contributed by atoms with Gasteiger partial charge >= 0.3 is 0 Å². The van der Waals surface area contributed by atoms with Crippen molar-refractivity contribution in [3.8, 4) is 0 Å². The van der Waals surface area contributed by atoms with Crippen LogP contribution in [0, 0.1) is 35.5 Å². The number of imide groups is 1. The smallest absolute Gasteiger partial charge is 0.248 e. The van der Waals surface area contributed by atoms with Gasteiger partial charge in [0.05, 0.1) is 27.6 Å². The number of halogens is 2. The van der Waals surface area contributed by atoms with Crippen molar-refractivity contribution in [1.29, 1.82) is 0 Å². The maximum atomic E-state index is 13.7. The average Bonchev–Trinajstić information content (AvgIpc) is 3.60. The molecule has 2 bridgehead atoms. The zero-order valence-electron chi connectivity index (χ0n) is 17.7. The molecule has 7 atom stereocenters. The van der Waals surface area contributed by atoms with Gasteiger partial charge in [0.2, 0.25) is 17.7 Å². The molecule has 7 heteroatoms. The third kappa shape index (κ3) is 3.24. The van der Waals surface area contributed by atoms with Gasteiger partial charge in [-0.3, -0.25) is 19.3 Å². The minimum atomic E-state index is -0.969. The third-order valence-corrected chi connectivity index (χ3v) is 8.61. The molecule has 0 aromatic heterocycles. The van der Waals surface area contributed by atoms with E-state index < -0.39 is 11.9 Å². The zero-order chi connectivity index (χ0) is 22.9. The molecule has 3 fully saturated rings. The normalized spacial score (nSPS) is 31.9. The lowest BCUT2D eigenvalue weighted by molar-refractivity contribution is -0.146. The maximum absolute atomic E-state index is 13.7. The molecule has 7 rings (SSSR count). The highest BCUT2D eigenvalue weighted by Crippen LogP contribution is 2.65. The Hall–Kier alpha value is -2.63. The van der Waals surface area contributed by atoms with Crippen molar-refractivity contribution in [3.63, 3.8) is 0 Å². The van der Waals surface area contributed by atoms with Crippen molar-refractivity contribution in [2.75, 3.05) is 5.32 Å². The molecule has 1 N–H and O–H groups in total. The molecule has 0 unspecified atom stereocenters. The SMILES string of the molecule is O=C(Nc1cccc(Cl)c1Cl)[C@H](Cc1ccccc1)N1C(=O)[C@H]2[C@@H]3C=C[C@H]([C@H]4C[C@H]34)[C@@H]2C1=O. The van der Waals surface area contributed by atoms with Gasteiger partial charge in [-0.25, -0.2) is 0 Å². The average molecular weight is 481 g/mol. The van der Waals surface area contributed by atoms with E-state index in [0.717, 1.165) is 12.0 Å². The summed E-state index contributed by atoms with van der Waals surface area (Å²) in [7, 11) is 0. The van der Waals surface area contributed by atoms with Crippen LogP contribution in [0.15, 0.2) is 60.7 Å². The summed E-state index contributed by atoms with van der Waals surface area (Å²) in [5, 5.41) is 3.35. The Morgan fingerprint density at radius 1 is 0.939 bits per heavy atom. The van der Waals surface area contributed by atoms with Crippen LogP contribution in [-0.2, 0) is 20.8 Å². The molecule has 1 heterocycles. The molecular formula is C26H22Cl2N2O3. The van der Waals surface area contributed by atoms with Crippen LogP contribution < -0.4 is 5.32 Å². The molecule has 5 aliphatic rings. The molecule has 168 valence electrons. The molecule has 3 amide bonds. The van der Waals surface area contributed by atoms with Crippen molar-refractivity contribution in [1.82, 2.24) is 4.90 Å². The van der Waals surface area contributed by atoms with E-state index in [1.165, 1.54) is 4.90 Å². The van der Waals surface area contributed by atoms with Crippen LogP contribution >= 0.6 is 23.2 Å². The standard InChI is InChI=1S/C26H22Cl2N2O3/c27-18-7-4-8-19(23(18)28)29-24(31)20(11-13-5-2-1-3-6-13)30-25(32)21-14-9-10-15(17-12-16(14)17)22(21)26(30)33/h1-10,14-17,20-22H,11-12H2,(H,29,31)/t14-,15-,16-,17-,20+,21+,22+/m1/s1. The predicted octanol–water partition coefficient (Wildman–Crippen LogP) is 4.60. The van der Waals surface area contributed by atoms with E-state index in [2.05, 4.69) is 17.5 Å². The summed E-state index contributed by atoms with van der Waals surface area (Å²) in [6.07, 6.45) is 5.59. The van der Waals surface area contributed by atoms with Crippen molar-refractivity contribution >= 4 is 46.6 Å². The van der Waals surface area contributed by atoms with E-state index in [9.17, 15) is 14.4 Å². The fraction of sp³-hybridized carbons (Fsp3) is 0.346. The minimum absolute atomic E-state index is 0.106. The van der Waals surface area contributed by atoms with E-state index >= 15 is 0 Å². The quantitative estimate of drug-likeness (QED) is 0.502. The first-order chi connectivity index (χ1) is 16.0. The molecule has 0 radical (unpaired) electrons. The zero-order valence-corrected chi connectivity index (χ0v) is 19.2. The summed E-state index contributed by atoms with van der Waals surface area (Å²) in [5.41, 5.74) is 1.22. The van der Waals surface area contributed by atoms with Crippen LogP contribution in [0.2, 0.25) is 10.0 Å². The van der Waals surface area contributed by atoms with Crippen LogP contribution in [0.1, 0.15) is 12.0 Å². The van der Waals surface area contributed by atoms with Gasteiger partial charge in [-0.05, 0) is 47.8 Å². The number of carbonyl (C=O) groups excluding carboxylic acids is 3. The summed E-state index contributed by atoms with van der Waals surface area (Å²) >= 11 is 12.4. The van der Waals surface area contributed by atoms with Crippen molar-refractivity contribution in [3.05, 3.63) is 76.3 Å². The molecule has 2 aromatic rings. The summed E-state index contributed by atoms with van der Waals surface area (Å²) < 4.78 is 0. The van der Waals surface area contributed by atoms with Crippen molar-refractivity contribution < 1.29 is 14.4 Å².